The predicted octanol–water partition coefficient (Wildman–Crippen LogP) is -0.816. The van der Waals surface area contributed by atoms with Gasteiger partial charge in [0.05, 0.1) is 13.1 Å². The molecule has 1 rings (SSSR count). The van der Waals surface area contributed by atoms with Gasteiger partial charge in [-0.25, -0.2) is 0 Å². The molecule has 0 aliphatic carbocycles. The van der Waals surface area contributed by atoms with Crippen molar-refractivity contribution in [3.63, 3.8) is 0 Å². The quantitative estimate of drug-likeness (QED) is 0.661. The Morgan fingerprint density at radius 3 is 2.71 bits per heavy atom. The van der Waals surface area contributed by atoms with Crippen molar-refractivity contribution in [3.05, 3.63) is 23.8 Å². The summed E-state index contributed by atoms with van der Waals surface area (Å²) in [5.41, 5.74) is 0.0969. The minimum Gasteiger partial charge on any atom is -0.547 e. The molecule has 0 saturated heterocycles. The minimum absolute atomic E-state index is 0.0969. The van der Waals surface area contributed by atoms with Gasteiger partial charge in [0, 0.05) is 0 Å². The average Bonchev–Trinajstić information content (AvgIpc) is 2.17. The summed E-state index contributed by atoms with van der Waals surface area (Å²) in [6, 6.07) is 3.74. The number of aromatic hydroxyl groups is 1. The number of ether oxygens (including phenoxy) is 1. The highest BCUT2D eigenvalue weighted by Gasteiger charge is 2.11. The third-order valence-corrected chi connectivity index (χ3v) is 1.74. The van der Waals surface area contributed by atoms with Crippen molar-refractivity contribution in [2.75, 3.05) is 7.11 Å². The Hall–Kier alpha value is -1.75. The molecule has 0 amide bonds. The van der Waals surface area contributed by atoms with Crippen LogP contribution >= 0.6 is 0 Å². The first-order valence-corrected chi connectivity index (χ1v) is 3.82. The Morgan fingerprint density at radius 1 is 1.57 bits per heavy atom. The van der Waals surface area contributed by atoms with Gasteiger partial charge in [0.2, 0.25) is 0 Å². The number of rotatable bonds is 3. The number of phenols is 1. The van der Waals surface area contributed by atoms with E-state index in [-0.39, 0.29) is 17.1 Å². The van der Waals surface area contributed by atoms with Crippen molar-refractivity contribution in [1.29, 1.82) is 0 Å². The van der Waals surface area contributed by atoms with Gasteiger partial charge < -0.3 is 24.9 Å². The predicted molar refractivity (Wildman–Crippen MR) is 44.6 cm³/mol. The van der Waals surface area contributed by atoms with Gasteiger partial charge in [0.25, 0.3) is 0 Å². The maximum absolute atomic E-state index is 10.3. The lowest BCUT2D eigenvalue weighted by molar-refractivity contribution is -0.315. The Labute approximate surface area is 80.2 Å². The van der Waals surface area contributed by atoms with Crippen LogP contribution in [0.25, 0.3) is 0 Å². The van der Waals surface area contributed by atoms with E-state index >= 15 is 0 Å². The van der Waals surface area contributed by atoms with Crippen LogP contribution in [0.5, 0.6) is 11.5 Å². The monoisotopic (exact) mass is 197 g/mol. The largest absolute Gasteiger partial charge is 0.547 e. The molecule has 0 unspecified atom stereocenters. The van der Waals surface area contributed by atoms with Crippen LogP contribution in [0, 0.1) is 0 Å². The van der Waals surface area contributed by atoms with Gasteiger partial charge in [-0.3, -0.25) is 0 Å². The van der Waals surface area contributed by atoms with E-state index in [2.05, 4.69) is 0 Å². The van der Waals surface area contributed by atoms with E-state index in [9.17, 15) is 15.0 Å². The zero-order chi connectivity index (χ0) is 10.7. The molecule has 0 aromatic heterocycles. The Balaban J connectivity index is 3.06. The van der Waals surface area contributed by atoms with Crippen molar-refractivity contribution in [3.8, 4) is 11.5 Å². The number of carboxylic acids is 1. The summed E-state index contributed by atoms with van der Waals surface area (Å²) in [4.78, 5) is 10.3. The number of aliphatic carboxylic acids is 1. The Morgan fingerprint density at radius 2 is 2.21 bits per heavy atom. The number of benzene rings is 1. The number of hydrogen-bond donors (Lipinski definition) is 2. The van der Waals surface area contributed by atoms with E-state index in [4.69, 9.17) is 9.84 Å². The molecule has 0 heterocycles. The summed E-state index contributed by atoms with van der Waals surface area (Å²) in [6.45, 7) is 0. The van der Waals surface area contributed by atoms with Crippen molar-refractivity contribution < 1.29 is 24.9 Å². The molecule has 0 saturated carbocycles. The number of carbonyl (C=O) groups is 1. The number of phenolic OH excluding ortho intramolecular Hbond substituents is 1. The fraction of sp³-hybridized carbons (Fsp3) is 0.222. The van der Waals surface area contributed by atoms with Crippen molar-refractivity contribution >= 4 is 5.97 Å². The molecule has 1 aromatic rings. The number of methoxy groups -OCH3 is 1. The molecule has 76 valence electrons. The summed E-state index contributed by atoms with van der Waals surface area (Å²) < 4.78 is 4.74. The second-order valence-corrected chi connectivity index (χ2v) is 2.65. The van der Waals surface area contributed by atoms with Crippen LogP contribution in [-0.4, -0.2) is 23.3 Å². The zero-order valence-corrected chi connectivity index (χ0v) is 7.43. The molecule has 5 heteroatoms. The summed E-state index contributed by atoms with van der Waals surface area (Å²) in [6.07, 6.45) is -1.72. The maximum atomic E-state index is 10.3. The second-order valence-electron chi connectivity index (χ2n) is 2.65. The van der Waals surface area contributed by atoms with Gasteiger partial charge in [-0.15, -0.1) is 0 Å². The number of aliphatic hydroxyl groups excluding tert-OH is 1. The smallest absolute Gasteiger partial charge is 0.160 e. The van der Waals surface area contributed by atoms with Gasteiger partial charge in [-0.2, -0.15) is 0 Å². The first-order chi connectivity index (χ1) is 6.56. The number of carboxylic acid groups (broad SMARTS) is 1. The third-order valence-electron chi connectivity index (χ3n) is 1.74. The second kappa shape index (κ2) is 3.97. The number of aliphatic hydroxyl groups is 1. The third kappa shape index (κ3) is 1.94. The van der Waals surface area contributed by atoms with Gasteiger partial charge >= 0.3 is 0 Å². The molecule has 5 nitrogen and oxygen atoms in total. The van der Waals surface area contributed by atoms with Crippen LogP contribution < -0.4 is 9.84 Å². The Bertz CT molecular complexity index is 347. The molecular weight excluding hydrogens is 188 g/mol. The molecule has 0 bridgehead atoms. The van der Waals surface area contributed by atoms with E-state index in [0.717, 1.165) is 0 Å². The highest BCUT2D eigenvalue weighted by Crippen LogP contribution is 2.28. The molecule has 14 heavy (non-hydrogen) atoms. The highest BCUT2D eigenvalue weighted by atomic mass is 16.5. The van der Waals surface area contributed by atoms with E-state index in [0.29, 0.717) is 0 Å². The fourth-order valence-corrected chi connectivity index (χ4v) is 1.00. The first kappa shape index (κ1) is 10.3. The van der Waals surface area contributed by atoms with E-state index in [1.165, 1.54) is 25.3 Å². The highest BCUT2D eigenvalue weighted by molar-refractivity contribution is 5.72. The van der Waals surface area contributed by atoms with E-state index in [1.807, 2.05) is 0 Å². The molecule has 0 aliphatic rings. The summed E-state index contributed by atoms with van der Waals surface area (Å²) in [5.74, 6) is -1.62. The average molecular weight is 197 g/mol. The molecule has 0 fully saturated rings. The van der Waals surface area contributed by atoms with Crippen LogP contribution in [0.3, 0.4) is 0 Å². The van der Waals surface area contributed by atoms with Gasteiger partial charge in [-0.05, 0) is 17.7 Å². The van der Waals surface area contributed by atoms with Crippen LogP contribution in [-0.2, 0) is 4.79 Å². The molecular formula is C9H9O5-. The van der Waals surface area contributed by atoms with Gasteiger partial charge in [-0.1, -0.05) is 6.07 Å². The molecule has 0 spiro atoms. The SMILES string of the molecule is COc1cc([C@@H](O)C(=O)[O-])ccc1O. The van der Waals surface area contributed by atoms with E-state index in [1.54, 1.807) is 0 Å². The molecule has 1 atom stereocenters. The minimum atomic E-state index is -1.72. The fourth-order valence-electron chi connectivity index (χ4n) is 1.00. The molecule has 0 radical (unpaired) electrons. The van der Waals surface area contributed by atoms with Crippen molar-refractivity contribution in [2.24, 2.45) is 0 Å². The lowest BCUT2D eigenvalue weighted by Gasteiger charge is -2.13. The number of carbonyl (C=O) groups excluding carboxylic acids is 1. The molecule has 2 N–H and O–H groups in total. The van der Waals surface area contributed by atoms with Crippen LogP contribution in [0.15, 0.2) is 18.2 Å². The van der Waals surface area contributed by atoms with Crippen molar-refractivity contribution in [1.82, 2.24) is 0 Å². The van der Waals surface area contributed by atoms with Crippen LogP contribution in [0.2, 0.25) is 0 Å². The number of hydrogen-bond acceptors (Lipinski definition) is 5. The standard InChI is InChI=1S/C9H10O5/c1-14-7-4-5(2-3-6(7)10)8(11)9(12)13/h2-4,8,10-11H,1H3,(H,12,13)/p-1/t8-/m1/s1. The molecule has 1 aromatic carbocycles. The zero-order valence-electron chi connectivity index (χ0n) is 7.43. The molecule has 0 aliphatic heterocycles. The van der Waals surface area contributed by atoms with E-state index < -0.39 is 12.1 Å². The van der Waals surface area contributed by atoms with Crippen LogP contribution in [0.1, 0.15) is 11.7 Å². The van der Waals surface area contributed by atoms with Crippen LogP contribution in [0.4, 0.5) is 0 Å². The van der Waals surface area contributed by atoms with Gasteiger partial charge in [0.1, 0.15) is 6.10 Å². The lowest BCUT2D eigenvalue weighted by Crippen LogP contribution is -2.29. The summed E-state index contributed by atoms with van der Waals surface area (Å²) >= 11 is 0. The topological polar surface area (TPSA) is 89.8 Å². The summed E-state index contributed by atoms with van der Waals surface area (Å²) in [7, 11) is 1.32. The van der Waals surface area contributed by atoms with Crippen molar-refractivity contribution in [2.45, 2.75) is 6.10 Å². The lowest BCUT2D eigenvalue weighted by atomic mass is 10.1. The van der Waals surface area contributed by atoms with Gasteiger partial charge in [0.15, 0.2) is 11.5 Å². The Kier molecular flexibility index (Phi) is 2.93. The normalized spacial score (nSPS) is 12.1. The first-order valence-electron chi connectivity index (χ1n) is 3.82. The summed E-state index contributed by atoms with van der Waals surface area (Å²) in [5, 5.41) is 28.6. The maximum Gasteiger partial charge on any atom is 0.160 e.